The summed E-state index contributed by atoms with van der Waals surface area (Å²) in [5, 5.41) is 36.0. The van der Waals surface area contributed by atoms with E-state index in [1.165, 1.54) is 6.07 Å². The average molecular weight is 456 g/mol. The van der Waals surface area contributed by atoms with Crippen LogP contribution in [0.15, 0.2) is 66.7 Å². The van der Waals surface area contributed by atoms with E-state index in [2.05, 4.69) is 31.3 Å². The molecule has 3 aromatic carbocycles. The first kappa shape index (κ1) is 22.1. The van der Waals surface area contributed by atoms with Crippen LogP contribution in [-0.4, -0.2) is 43.6 Å². The lowest BCUT2D eigenvalue weighted by atomic mass is 9.97. The van der Waals surface area contributed by atoms with Gasteiger partial charge in [-0.05, 0) is 69.6 Å². The van der Waals surface area contributed by atoms with Gasteiger partial charge in [0.1, 0.15) is 0 Å². The van der Waals surface area contributed by atoms with Gasteiger partial charge in [-0.1, -0.05) is 24.3 Å². The third-order valence-corrected chi connectivity index (χ3v) is 4.95. The summed E-state index contributed by atoms with van der Waals surface area (Å²) in [5.74, 6) is -0.981. The first-order valence-corrected chi connectivity index (χ1v) is 10.1. The van der Waals surface area contributed by atoms with Gasteiger partial charge in [0, 0.05) is 16.9 Å². The predicted octanol–water partition coefficient (Wildman–Crippen LogP) is 2.72. The Morgan fingerprint density at radius 3 is 2.24 bits per heavy atom. The Labute approximate surface area is 193 Å². The Balaban J connectivity index is 1.45. The molecule has 0 bridgehead atoms. The van der Waals surface area contributed by atoms with Crippen LogP contribution in [0.25, 0.3) is 22.5 Å². The molecule has 4 rings (SSSR count). The zero-order valence-corrected chi connectivity index (χ0v) is 17.7. The third kappa shape index (κ3) is 5.22. The van der Waals surface area contributed by atoms with Gasteiger partial charge >= 0.3 is 5.97 Å². The van der Waals surface area contributed by atoms with Crippen LogP contribution < -0.4 is 16.4 Å². The molecule has 0 aliphatic carbocycles. The highest BCUT2D eigenvalue weighted by molar-refractivity contribution is 5.99. The Morgan fingerprint density at radius 2 is 1.62 bits per heavy atom. The second-order valence-electron chi connectivity index (χ2n) is 7.35. The van der Waals surface area contributed by atoms with Crippen molar-refractivity contribution in [1.29, 1.82) is 5.41 Å². The number of carbonyl (C=O) groups is 2. The number of benzene rings is 3. The van der Waals surface area contributed by atoms with Crippen molar-refractivity contribution in [2.24, 2.45) is 5.73 Å². The Bertz CT molecular complexity index is 1330. The lowest BCUT2D eigenvalue weighted by Crippen LogP contribution is -2.20. The lowest BCUT2D eigenvalue weighted by Gasteiger charge is -2.11. The summed E-state index contributed by atoms with van der Waals surface area (Å²) in [4.78, 5) is 24.1. The fraction of sp³-hybridized carbons (Fsp3) is 0.0435. The predicted molar refractivity (Wildman–Crippen MR) is 126 cm³/mol. The number of carbonyl (C=O) groups excluding carboxylic acids is 1. The summed E-state index contributed by atoms with van der Waals surface area (Å²) in [6.07, 6.45) is 0.145. The molecule has 0 saturated heterocycles. The molecule has 7 N–H and O–H groups in total. The third-order valence-electron chi connectivity index (χ3n) is 4.95. The smallest absolute Gasteiger partial charge is 0.336 e. The van der Waals surface area contributed by atoms with E-state index in [1.54, 1.807) is 60.7 Å². The number of hydrogen-bond acceptors (Lipinski definition) is 6. The molecule has 34 heavy (non-hydrogen) atoms. The number of aromatic amines is 1. The lowest BCUT2D eigenvalue weighted by molar-refractivity contribution is -0.115. The van der Waals surface area contributed by atoms with E-state index < -0.39 is 5.97 Å². The molecule has 1 amide bonds. The van der Waals surface area contributed by atoms with E-state index in [0.29, 0.717) is 28.3 Å². The molecule has 0 fully saturated rings. The van der Waals surface area contributed by atoms with E-state index in [-0.39, 0.29) is 23.9 Å². The number of aromatic nitrogens is 4. The summed E-state index contributed by atoms with van der Waals surface area (Å²) in [6.45, 7) is 0. The number of hydrogen-bond donors (Lipinski definition) is 6. The van der Waals surface area contributed by atoms with Gasteiger partial charge in [0.05, 0.1) is 12.0 Å². The Morgan fingerprint density at radius 1 is 0.941 bits per heavy atom. The van der Waals surface area contributed by atoms with Crippen LogP contribution in [0.5, 0.6) is 0 Å². The zero-order chi connectivity index (χ0) is 24.1. The van der Waals surface area contributed by atoms with Gasteiger partial charge in [-0.15, -0.1) is 5.10 Å². The summed E-state index contributed by atoms with van der Waals surface area (Å²) >= 11 is 0. The van der Waals surface area contributed by atoms with Crippen molar-refractivity contribution in [2.75, 3.05) is 10.6 Å². The van der Waals surface area contributed by atoms with Gasteiger partial charge < -0.3 is 21.5 Å². The monoisotopic (exact) mass is 456 g/mol. The van der Waals surface area contributed by atoms with Crippen molar-refractivity contribution in [3.8, 4) is 22.5 Å². The number of tetrazole rings is 1. The molecule has 0 spiro atoms. The number of H-pyrrole nitrogens is 1. The minimum Gasteiger partial charge on any atom is -0.478 e. The number of amides is 1. The number of nitrogens with two attached hydrogens (primary N) is 1. The summed E-state index contributed by atoms with van der Waals surface area (Å²) in [7, 11) is 0. The SMILES string of the molecule is N=C(N)Nc1ccc(C(=O)O)c(-c2ccc(CC(=O)Nc3ccc(-c4nnn[nH]4)cc3)cc2)c1. The number of guanidine groups is 1. The minimum atomic E-state index is -1.07. The van der Waals surface area contributed by atoms with E-state index in [4.69, 9.17) is 11.1 Å². The summed E-state index contributed by atoms with van der Waals surface area (Å²) in [5.41, 5.74) is 9.31. The van der Waals surface area contributed by atoms with Gasteiger partial charge in [-0.3, -0.25) is 10.2 Å². The van der Waals surface area contributed by atoms with Crippen molar-refractivity contribution in [1.82, 2.24) is 20.6 Å². The van der Waals surface area contributed by atoms with E-state index in [1.807, 2.05) is 0 Å². The highest BCUT2D eigenvalue weighted by Crippen LogP contribution is 2.28. The number of nitrogens with one attached hydrogen (secondary N) is 4. The van der Waals surface area contributed by atoms with Gasteiger partial charge in [0.15, 0.2) is 11.8 Å². The summed E-state index contributed by atoms with van der Waals surface area (Å²) in [6, 6.07) is 18.8. The number of carboxylic acids is 1. The fourth-order valence-electron chi connectivity index (χ4n) is 3.39. The molecular weight excluding hydrogens is 436 g/mol. The molecule has 11 heteroatoms. The quantitative estimate of drug-likeness (QED) is 0.181. The number of nitrogens with zero attached hydrogens (tertiary/aromatic N) is 3. The van der Waals surface area contributed by atoms with E-state index >= 15 is 0 Å². The second-order valence-corrected chi connectivity index (χ2v) is 7.35. The van der Waals surface area contributed by atoms with Crippen molar-refractivity contribution in [2.45, 2.75) is 6.42 Å². The molecule has 0 aliphatic heterocycles. The molecular formula is C23H20N8O3. The number of carboxylic acid groups (broad SMARTS) is 1. The van der Waals surface area contributed by atoms with Crippen molar-refractivity contribution >= 4 is 29.2 Å². The molecule has 0 atom stereocenters. The minimum absolute atomic E-state index is 0.115. The van der Waals surface area contributed by atoms with Crippen molar-refractivity contribution in [3.05, 3.63) is 77.9 Å². The number of anilines is 2. The second kappa shape index (κ2) is 9.61. The molecule has 11 nitrogen and oxygen atoms in total. The maximum absolute atomic E-state index is 12.5. The molecule has 170 valence electrons. The van der Waals surface area contributed by atoms with Crippen LogP contribution in [0, 0.1) is 5.41 Å². The van der Waals surface area contributed by atoms with Crippen LogP contribution in [0.2, 0.25) is 0 Å². The fourth-order valence-corrected chi connectivity index (χ4v) is 3.39. The van der Waals surface area contributed by atoms with Crippen LogP contribution >= 0.6 is 0 Å². The first-order chi connectivity index (χ1) is 16.4. The molecule has 0 radical (unpaired) electrons. The standard InChI is InChI=1S/C23H20N8O3/c24-23(25)27-17-9-10-18(22(33)34)19(12-17)14-3-1-13(2-4-14)11-20(32)26-16-7-5-15(6-8-16)21-28-30-31-29-21/h1-10,12H,11H2,(H,26,32)(H,33,34)(H4,24,25,27)(H,28,29,30,31). The van der Waals surface area contributed by atoms with Gasteiger partial charge in [-0.2, -0.15) is 0 Å². The molecule has 1 aromatic heterocycles. The van der Waals surface area contributed by atoms with E-state index in [0.717, 1.165) is 11.1 Å². The number of aromatic carboxylic acids is 1. The topological polar surface area (TPSA) is 183 Å². The van der Waals surface area contributed by atoms with Crippen LogP contribution in [0.3, 0.4) is 0 Å². The zero-order valence-electron chi connectivity index (χ0n) is 17.7. The van der Waals surface area contributed by atoms with Crippen LogP contribution in [0.4, 0.5) is 11.4 Å². The maximum atomic E-state index is 12.5. The molecule has 4 aromatic rings. The van der Waals surface area contributed by atoms with Crippen LogP contribution in [0.1, 0.15) is 15.9 Å². The van der Waals surface area contributed by atoms with Crippen LogP contribution in [-0.2, 0) is 11.2 Å². The first-order valence-electron chi connectivity index (χ1n) is 10.1. The largest absolute Gasteiger partial charge is 0.478 e. The average Bonchev–Trinajstić information content (AvgIpc) is 3.34. The van der Waals surface area contributed by atoms with Gasteiger partial charge in [0.2, 0.25) is 5.91 Å². The molecule has 0 aliphatic rings. The van der Waals surface area contributed by atoms with Crippen molar-refractivity contribution in [3.63, 3.8) is 0 Å². The molecule has 1 heterocycles. The van der Waals surface area contributed by atoms with E-state index in [9.17, 15) is 14.7 Å². The van der Waals surface area contributed by atoms with Crippen molar-refractivity contribution < 1.29 is 14.7 Å². The maximum Gasteiger partial charge on any atom is 0.336 e. The highest BCUT2D eigenvalue weighted by Gasteiger charge is 2.13. The summed E-state index contributed by atoms with van der Waals surface area (Å²) < 4.78 is 0. The molecule has 0 unspecified atom stereocenters. The Kier molecular flexibility index (Phi) is 6.26. The molecule has 0 saturated carbocycles. The van der Waals surface area contributed by atoms with Gasteiger partial charge in [0.25, 0.3) is 0 Å². The van der Waals surface area contributed by atoms with Gasteiger partial charge in [-0.25, -0.2) is 9.89 Å². The normalized spacial score (nSPS) is 10.5. The number of rotatable bonds is 7. The Hall–Kier alpha value is -5.06. The highest BCUT2D eigenvalue weighted by atomic mass is 16.4.